The van der Waals surface area contributed by atoms with Crippen LogP contribution in [-0.2, 0) is 12.0 Å². The van der Waals surface area contributed by atoms with Crippen molar-refractivity contribution in [3.05, 3.63) is 29.3 Å². The molecule has 0 saturated heterocycles. The van der Waals surface area contributed by atoms with E-state index in [1.807, 2.05) is 12.1 Å². The fourth-order valence-electron chi connectivity index (χ4n) is 2.11. The highest BCUT2D eigenvalue weighted by atomic mass is 79.9. The Labute approximate surface area is 101 Å². The molecule has 0 radical (unpaired) electrons. The van der Waals surface area contributed by atoms with E-state index in [0.717, 1.165) is 19.5 Å². The summed E-state index contributed by atoms with van der Waals surface area (Å²) in [6.07, 6.45) is 1.11. The molecule has 15 heavy (non-hydrogen) atoms. The predicted molar refractivity (Wildman–Crippen MR) is 67.8 cm³/mol. The molecule has 1 aliphatic rings. The summed E-state index contributed by atoms with van der Waals surface area (Å²) in [4.78, 5) is 0. The van der Waals surface area contributed by atoms with Crippen LogP contribution in [0.3, 0.4) is 0 Å². The lowest BCUT2D eigenvalue weighted by Crippen LogP contribution is -2.20. The Morgan fingerprint density at radius 2 is 2.07 bits per heavy atom. The third-order valence-corrected chi connectivity index (χ3v) is 3.06. The first kappa shape index (κ1) is 12.5. The lowest BCUT2D eigenvalue weighted by atomic mass is 9.80. The zero-order chi connectivity index (χ0) is 10.2. The van der Waals surface area contributed by atoms with E-state index in [9.17, 15) is 5.11 Å². The molecule has 1 aliphatic heterocycles. The Kier molecular flexibility index (Phi) is 3.79. The van der Waals surface area contributed by atoms with Crippen molar-refractivity contribution in [1.82, 2.24) is 5.32 Å². The van der Waals surface area contributed by atoms with Crippen molar-refractivity contribution in [1.29, 1.82) is 0 Å². The van der Waals surface area contributed by atoms with Gasteiger partial charge < -0.3 is 10.4 Å². The summed E-state index contributed by atoms with van der Waals surface area (Å²) in [6, 6.07) is 5.69. The fourth-order valence-corrected chi connectivity index (χ4v) is 2.11. The summed E-state index contributed by atoms with van der Waals surface area (Å²) >= 11 is 0. The van der Waals surface area contributed by atoms with Gasteiger partial charge in [0.1, 0.15) is 5.75 Å². The van der Waals surface area contributed by atoms with Gasteiger partial charge in [-0.05, 0) is 41.6 Å². The molecular weight excluding hydrogens is 254 g/mol. The minimum atomic E-state index is 0. The summed E-state index contributed by atoms with van der Waals surface area (Å²) in [7, 11) is 0. The van der Waals surface area contributed by atoms with Gasteiger partial charge in [0.2, 0.25) is 0 Å². The predicted octanol–water partition coefficient (Wildman–Crippen LogP) is 2.74. The lowest BCUT2D eigenvalue weighted by Gasteiger charge is -2.25. The van der Waals surface area contributed by atoms with Crippen molar-refractivity contribution >= 4 is 17.0 Å². The van der Waals surface area contributed by atoms with E-state index < -0.39 is 0 Å². The van der Waals surface area contributed by atoms with Crippen LogP contribution in [0.2, 0.25) is 0 Å². The first-order chi connectivity index (χ1) is 6.59. The molecule has 1 heterocycles. The van der Waals surface area contributed by atoms with Crippen LogP contribution >= 0.6 is 17.0 Å². The van der Waals surface area contributed by atoms with E-state index in [1.165, 1.54) is 11.1 Å². The Morgan fingerprint density at radius 3 is 2.80 bits per heavy atom. The molecule has 0 aliphatic carbocycles. The molecule has 84 valence electrons. The number of hydrogen-bond acceptors (Lipinski definition) is 2. The molecule has 0 fully saturated rings. The number of nitrogens with one attached hydrogen (secondary N) is 1. The number of phenolic OH excluding ortho intramolecular Hbond substituents is 1. The van der Waals surface area contributed by atoms with Crippen LogP contribution < -0.4 is 5.32 Å². The zero-order valence-corrected chi connectivity index (χ0v) is 10.9. The van der Waals surface area contributed by atoms with Gasteiger partial charge in [0.25, 0.3) is 0 Å². The summed E-state index contributed by atoms with van der Waals surface area (Å²) in [5.41, 5.74) is 2.75. The standard InChI is InChI=1S/C12H17NO.BrH/c1-12(2)5-6-13-8-9-3-4-10(14)7-11(9)12;/h3-4,7,13-14H,5-6,8H2,1-2H3;1H. The Bertz CT molecular complexity index is 349. The average molecular weight is 272 g/mol. The van der Waals surface area contributed by atoms with Crippen LogP contribution in [0.5, 0.6) is 5.75 Å². The molecule has 0 amide bonds. The summed E-state index contributed by atoms with van der Waals surface area (Å²) in [5.74, 6) is 0.374. The molecule has 2 N–H and O–H groups in total. The van der Waals surface area contributed by atoms with Gasteiger partial charge in [-0.15, -0.1) is 17.0 Å². The number of hydrogen-bond donors (Lipinski definition) is 2. The van der Waals surface area contributed by atoms with Crippen LogP contribution in [0.4, 0.5) is 0 Å². The van der Waals surface area contributed by atoms with Crippen molar-refractivity contribution in [3.8, 4) is 5.75 Å². The first-order valence-electron chi connectivity index (χ1n) is 5.13. The van der Waals surface area contributed by atoms with Gasteiger partial charge in [-0.3, -0.25) is 0 Å². The highest BCUT2D eigenvalue weighted by molar-refractivity contribution is 8.93. The van der Waals surface area contributed by atoms with Crippen molar-refractivity contribution in [2.45, 2.75) is 32.2 Å². The molecule has 0 aromatic heterocycles. The normalized spacial score (nSPS) is 18.5. The van der Waals surface area contributed by atoms with Crippen LogP contribution in [0.15, 0.2) is 18.2 Å². The summed E-state index contributed by atoms with van der Waals surface area (Å²) in [6.45, 7) is 6.43. The molecule has 2 nitrogen and oxygen atoms in total. The van der Waals surface area contributed by atoms with Crippen molar-refractivity contribution in [2.24, 2.45) is 0 Å². The molecular formula is C12H18BrNO. The van der Waals surface area contributed by atoms with E-state index in [-0.39, 0.29) is 22.4 Å². The molecule has 0 saturated carbocycles. The minimum absolute atomic E-state index is 0. The van der Waals surface area contributed by atoms with Gasteiger partial charge in [-0.1, -0.05) is 19.9 Å². The van der Waals surface area contributed by atoms with Crippen LogP contribution in [0.25, 0.3) is 0 Å². The van der Waals surface area contributed by atoms with E-state index in [0.29, 0.717) is 5.75 Å². The number of halogens is 1. The maximum absolute atomic E-state index is 9.49. The largest absolute Gasteiger partial charge is 0.508 e. The van der Waals surface area contributed by atoms with E-state index in [4.69, 9.17) is 0 Å². The van der Waals surface area contributed by atoms with Gasteiger partial charge in [-0.2, -0.15) is 0 Å². The third kappa shape index (κ3) is 2.52. The summed E-state index contributed by atoms with van der Waals surface area (Å²) in [5, 5.41) is 12.9. The maximum Gasteiger partial charge on any atom is 0.115 e. The molecule has 3 heteroatoms. The van der Waals surface area contributed by atoms with Crippen LogP contribution in [0, 0.1) is 0 Å². The number of fused-ring (bicyclic) bond motifs is 1. The third-order valence-electron chi connectivity index (χ3n) is 3.06. The number of phenols is 1. The van der Waals surface area contributed by atoms with Gasteiger partial charge in [-0.25, -0.2) is 0 Å². The number of benzene rings is 1. The molecule has 1 aromatic carbocycles. The monoisotopic (exact) mass is 271 g/mol. The Hall–Kier alpha value is -0.540. The smallest absolute Gasteiger partial charge is 0.115 e. The number of aromatic hydroxyl groups is 1. The van der Waals surface area contributed by atoms with Gasteiger partial charge in [0.05, 0.1) is 0 Å². The van der Waals surface area contributed by atoms with E-state index >= 15 is 0 Å². The van der Waals surface area contributed by atoms with Gasteiger partial charge in [0.15, 0.2) is 0 Å². The van der Waals surface area contributed by atoms with Crippen molar-refractivity contribution in [2.75, 3.05) is 6.54 Å². The molecule has 0 bridgehead atoms. The molecule has 2 rings (SSSR count). The van der Waals surface area contributed by atoms with Crippen molar-refractivity contribution in [3.63, 3.8) is 0 Å². The fraction of sp³-hybridized carbons (Fsp3) is 0.500. The van der Waals surface area contributed by atoms with Crippen LogP contribution in [-0.4, -0.2) is 11.7 Å². The maximum atomic E-state index is 9.49. The summed E-state index contributed by atoms with van der Waals surface area (Å²) < 4.78 is 0. The Morgan fingerprint density at radius 1 is 1.33 bits per heavy atom. The second kappa shape index (κ2) is 4.54. The lowest BCUT2D eigenvalue weighted by molar-refractivity contribution is 0.458. The quantitative estimate of drug-likeness (QED) is 0.761. The van der Waals surface area contributed by atoms with Gasteiger partial charge in [0, 0.05) is 6.54 Å². The topological polar surface area (TPSA) is 32.3 Å². The van der Waals surface area contributed by atoms with Crippen LogP contribution in [0.1, 0.15) is 31.4 Å². The molecule has 0 unspecified atom stereocenters. The van der Waals surface area contributed by atoms with Gasteiger partial charge >= 0.3 is 0 Å². The minimum Gasteiger partial charge on any atom is -0.508 e. The number of rotatable bonds is 0. The zero-order valence-electron chi connectivity index (χ0n) is 9.21. The van der Waals surface area contributed by atoms with Crippen molar-refractivity contribution < 1.29 is 5.11 Å². The molecule has 1 aromatic rings. The highest BCUT2D eigenvalue weighted by Gasteiger charge is 2.25. The SMILES string of the molecule is Br.CC1(C)CCNCc2ccc(O)cc21. The molecule has 0 spiro atoms. The highest BCUT2D eigenvalue weighted by Crippen LogP contribution is 2.33. The average Bonchev–Trinajstić information content (AvgIpc) is 2.26. The molecule has 0 atom stereocenters. The van der Waals surface area contributed by atoms with E-state index in [2.05, 4.69) is 19.2 Å². The van der Waals surface area contributed by atoms with E-state index in [1.54, 1.807) is 6.07 Å². The Balaban J connectivity index is 0.00000112. The second-order valence-electron chi connectivity index (χ2n) is 4.65. The first-order valence-corrected chi connectivity index (χ1v) is 5.13. The second-order valence-corrected chi connectivity index (χ2v) is 4.65.